The van der Waals surface area contributed by atoms with Gasteiger partial charge in [-0.3, -0.25) is 0 Å². The fraction of sp³-hybridized carbons (Fsp3) is 0.294. The number of ether oxygens (including phenoxy) is 1. The summed E-state index contributed by atoms with van der Waals surface area (Å²) in [4.78, 5) is 0. The van der Waals surface area contributed by atoms with Crippen LogP contribution in [0.3, 0.4) is 0 Å². The van der Waals surface area contributed by atoms with Crippen LogP contribution in [0.2, 0.25) is 0 Å². The number of likely N-dealkylation sites (N-methyl/N-ethyl adjacent to an activating group) is 1. The van der Waals surface area contributed by atoms with E-state index in [4.69, 9.17) is 4.74 Å². The van der Waals surface area contributed by atoms with Gasteiger partial charge < -0.3 is 10.1 Å². The normalized spacial score (nSPS) is 12.2. The number of hydrogen-bond acceptors (Lipinski definition) is 2. The van der Waals surface area contributed by atoms with E-state index in [9.17, 15) is 4.39 Å². The predicted molar refractivity (Wildman–Crippen MR) is 87.2 cm³/mol. The standard InChI is InChI=1S/C17H19BrFNO/c1-3-20-15(11-12-7-4-5-9-14(12)18)13-8-6-10-16(21-2)17(13)19/h4-10,15,20H,3,11H2,1-2H3. The molecule has 0 aliphatic rings. The van der Waals surface area contributed by atoms with Crippen LogP contribution in [0.4, 0.5) is 4.39 Å². The molecule has 1 N–H and O–H groups in total. The van der Waals surface area contributed by atoms with Crippen LogP contribution >= 0.6 is 15.9 Å². The Morgan fingerprint density at radius 1 is 1.19 bits per heavy atom. The maximum Gasteiger partial charge on any atom is 0.169 e. The molecule has 1 atom stereocenters. The summed E-state index contributed by atoms with van der Waals surface area (Å²) in [5, 5.41) is 3.35. The minimum atomic E-state index is -0.294. The van der Waals surface area contributed by atoms with Gasteiger partial charge in [-0.15, -0.1) is 0 Å². The molecule has 0 heterocycles. The lowest BCUT2D eigenvalue weighted by atomic mass is 9.98. The molecule has 2 aromatic carbocycles. The molecule has 4 heteroatoms. The Hall–Kier alpha value is -1.39. The van der Waals surface area contributed by atoms with Crippen LogP contribution in [-0.4, -0.2) is 13.7 Å². The molecule has 0 bridgehead atoms. The quantitative estimate of drug-likeness (QED) is 0.827. The molecule has 0 aliphatic heterocycles. The van der Waals surface area contributed by atoms with Crippen molar-refractivity contribution in [2.45, 2.75) is 19.4 Å². The van der Waals surface area contributed by atoms with Crippen molar-refractivity contribution in [1.29, 1.82) is 0 Å². The zero-order valence-electron chi connectivity index (χ0n) is 12.2. The summed E-state index contributed by atoms with van der Waals surface area (Å²) in [7, 11) is 1.48. The van der Waals surface area contributed by atoms with E-state index in [1.54, 1.807) is 6.07 Å². The second-order valence-electron chi connectivity index (χ2n) is 4.77. The molecular formula is C17H19BrFNO. The summed E-state index contributed by atoms with van der Waals surface area (Å²) in [5.74, 6) is -0.0134. The number of nitrogens with one attached hydrogen (secondary N) is 1. The molecule has 0 saturated carbocycles. The lowest BCUT2D eigenvalue weighted by Gasteiger charge is -2.20. The largest absolute Gasteiger partial charge is 0.494 e. The molecule has 112 valence electrons. The van der Waals surface area contributed by atoms with Crippen molar-refractivity contribution in [3.05, 3.63) is 63.9 Å². The molecule has 0 spiro atoms. The second-order valence-corrected chi connectivity index (χ2v) is 5.62. The first-order valence-corrected chi connectivity index (χ1v) is 7.75. The molecule has 0 radical (unpaired) electrons. The number of rotatable bonds is 6. The Labute approximate surface area is 133 Å². The van der Waals surface area contributed by atoms with Crippen LogP contribution < -0.4 is 10.1 Å². The highest BCUT2D eigenvalue weighted by Crippen LogP contribution is 2.29. The van der Waals surface area contributed by atoms with Gasteiger partial charge in [-0.25, -0.2) is 4.39 Å². The first kappa shape index (κ1) is 16.0. The van der Waals surface area contributed by atoms with Crippen LogP contribution in [-0.2, 0) is 6.42 Å². The molecule has 0 fully saturated rings. The number of hydrogen-bond donors (Lipinski definition) is 1. The van der Waals surface area contributed by atoms with Gasteiger partial charge in [0.15, 0.2) is 11.6 Å². The highest BCUT2D eigenvalue weighted by molar-refractivity contribution is 9.10. The maximum absolute atomic E-state index is 14.5. The summed E-state index contributed by atoms with van der Waals surface area (Å²) in [6.07, 6.45) is 0.708. The molecule has 21 heavy (non-hydrogen) atoms. The molecule has 2 rings (SSSR count). The van der Waals surface area contributed by atoms with E-state index in [1.807, 2.05) is 43.3 Å². The summed E-state index contributed by atoms with van der Waals surface area (Å²) < 4.78 is 20.6. The maximum atomic E-state index is 14.5. The molecule has 2 aromatic rings. The fourth-order valence-electron chi connectivity index (χ4n) is 2.38. The van der Waals surface area contributed by atoms with E-state index in [0.29, 0.717) is 12.0 Å². The highest BCUT2D eigenvalue weighted by Gasteiger charge is 2.19. The average Bonchev–Trinajstić information content (AvgIpc) is 2.49. The first-order valence-electron chi connectivity index (χ1n) is 6.96. The smallest absolute Gasteiger partial charge is 0.169 e. The molecule has 0 saturated heterocycles. The van der Waals surface area contributed by atoms with Gasteiger partial charge in [-0.05, 0) is 30.7 Å². The highest BCUT2D eigenvalue weighted by atomic mass is 79.9. The van der Waals surface area contributed by atoms with Crippen LogP contribution in [0, 0.1) is 5.82 Å². The van der Waals surface area contributed by atoms with Crippen molar-refractivity contribution in [2.24, 2.45) is 0 Å². The molecule has 2 nitrogen and oxygen atoms in total. The third-order valence-corrected chi connectivity index (χ3v) is 4.19. The number of halogens is 2. The van der Waals surface area contributed by atoms with Crippen LogP contribution in [0.1, 0.15) is 24.1 Å². The lowest BCUT2D eigenvalue weighted by molar-refractivity contribution is 0.379. The molecule has 0 amide bonds. The van der Waals surface area contributed by atoms with E-state index in [0.717, 1.165) is 16.6 Å². The molecule has 0 aromatic heterocycles. The third kappa shape index (κ3) is 3.83. The average molecular weight is 352 g/mol. The summed E-state index contributed by atoms with van der Waals surface area (Å²) in [5.41, 5.74) is 1.78. The Morgan fingerprint density at radius 2 is 1.95 bits per heavy atom. The van der Waals surface area contributed by atoms with Crippen molar-refractivity contribution in [1.82, 2.24) is 5.32 Å². The Kier molecular flexibility index (Phi) is 5.76. The summed E-state index contributed by atoms with van der Waals surface area (Å²) in [6.45, 7) is 2.79. The minimum absolute atomic E-state index is 0.0937. The van der Waals surface area contributed by atoms with Gasteiger partial charge in [0.2, 0.25) is 0 Å². The zero-order chi connectivity index (χ0) is 15.2. The monoisotopic (exact) mass is 351 g/mol. The Morgan fingerprint density at radius 3 is 2.62 bits per heavy atom. The van der Waals surface area contributed by atoms with Gasteiger partial charge in [-0.2, -0.15) is 0 Å². The van der Waals surface area contributed by atoms with Crippen molar-refractivity contribution in [2.75, 3.05) is 13.7 Å². The van der Waals surface area contributed by atoms with E-state index < -0.39 is 0 Å². The molecule has 0 aliphatic carbocycles. The second kappa shape index (κ2) is 7.57. The Bertz CT molecular complexity index is 603. The van der Waals surface area contributed by atoms with Crippen molar-refractivity contribution in [3.8, 4) is 5.75 Å². The lowest BCUT2D eigenvalue weighted by Crippen LogP contribution is -2.24. The molecule has 1 unspecified atom stereocenters. The predicted octanol–water partition coefficient (Wildman–Crippen LogP) is 4.49. The van der Waals surface area contributed by atoms with E-state index in [1.165, 1.54) is 7.11 Å². The van der Waals surface area contributed by atoms with Gasteiger partial charge in [0.1, 0.15) is 0 Å². The van der Waals surface area contributed by atoms with Crippen LogP contribution in [0.5, 0.6) is 5.75 Å². The topological polar surface area (TPSA) is 21.3 Å². The zero-order valence-corrected chi connectivity index (χ0v) is 13.8. The van der Waals surface area contributed by atoms with E-state index in [2.05, 4.69) is 21.2 Å². The van der Waals surface area contributed by atoms with Gasteiger partial charge in [-0.1, -0.05) is 53.2 Å². The summed E-state index contributed by atoms with van der Waals surface area (Å²) >= 11 is 3.55. The third-order valence-electron chi connectivity index (χ3n) is 3.42. The van der Waals surface area contributed by atoms with E-state index >= 15 is 0 Å². The SMILES string of the molecule is CCNC(Cc1ccccc1Br)c1cccc(OC)c1F. The van der Waals surface area contributed by atoms with Crippen LogP contribution in [0.15, 0.2) is 46.9 Å². The first-order chi connectivity index (χ1) is 10.2. The van der Waals surface area contributed by atoms with Crippen molar-refractivity contribution in [3.63, 3.8) is 0 Å². The fourth-order valence-corrected chi connectivity index (χ4v) is 2.82. The Balaban J connectivity index is 2.33. The van der Waals surface area contributed by atoms with Crippen molar-refractivity contribution >= 4 is 15.9 Å². The number of methoxy groups -OCH3 is 1. The van der Waals surface area contributed by atoms with Gasteiger partial charge in [0.25, 0.3) is 0 Å². The minimum Gasteiger partial charge on any atom is -0.494 e. The van der Waals surface area contributed by atoms with Gasteiger partial charge >= 0.3 is 0 Å². The summed E-state index contributed by atoms with van der Waals surface area (Å²) in [6, 6.07) is 13.2. The number of benzene rings is 2. The van der Waals surface area contributed by atoms with Crippen LogP contribution in [0.25, 0.3) is 0 Å². The molecular weight excluding hydrogens is 333 g/mol. The van der Waals surface area contributed by atoms with E-state index in [-0.39, 0.29) is 17.6 Å². The van der Waals surface area contributed by atoms with Gasteiger partial charge in [0, 0.05) is 16.1 Å². The van der Waals surface area contributed by atoms with Crippen molar-refractivity contribution < 1.29 is 9.13 Å². The van der Waals surface area contributed by atoms with Gasteiger partial charge in [0.05, 0.1) is 7.11 Å².